The van der Waals surface area contributed by atoms with E-state index in [-0.39, 0.29) is 11.5 Å². The molecule has 2 heterocycles. The van der Waals surface area contributed by atoms with Crippen molar-refractivity contribution < 1.29 is 14.3 Å². The topological polar surface area (TPSA) is 93.3 Å². The number of hydrogen-bond donors (Lipinski definition) is 2. The van der Waals surface area contributed by atoms with Crippen LogP contribution >= 0.6 is 11.3 Å². The van der Waals surface area contributed by atoms with E-state index >= 15 is 0 Å². The van der Waals surface area contributed by atoms with Crippen LogP contribution in [-0.4, -0.2) is 30.1 Å². The average molecular weight is 436 g/mol. The number of fused-ring (bicyclic) bond motifs is 1. The first-order chi connectivity index (χ1) is 14.9. The molecule has 0 bridgehead atoms. The number of para-hydroxylation sites is 1. The summed E-state index contributed by atoms with van der Waals surface area (Å²) >= 11 is 1.20. The van der Waals surface area contributed by atoms with Crippen molar-refractivity contribution in [3.05, 3.63) is 68.8 Å². The van der Waals surface area contributed by atoms with E-state index in [2.05, 4.69) is 15.3 Å². The molecular formula is C23H21N3O4S. The van der Waals surface area contributed by atoms with Gasteiger partial charge in [0.05, 0.1) is 24.5 Å². The number of rotatable bonds is 5. The lowest BCUT2D eigenvalue weighted by atomic mass is 10.1. The molecule has 8 heteroatoms. The van der Waals surface area contributed by atoms with Gasteiger partial charge in [0.2, 0.25) is 0 Å². The Morgan fingerprint density at radius 3 is 2.52 bits per heavy atom. The maximum Gasteiger partial charge on any atom is 0.266 e. The smallest absolute Gasteiger partial charge is 0.266 e. The van der Waals surface area contributed by atoms with Crippen LogP contribution in [0.25, 0.3) is 21.6 Å². The first kappa shape index (κ1) is 20.6. The third-order valence-electron chi connectivity index (χ3n) is 5.06. The van der Waals surface area contributed by atoms with Gasteiger partial charge in [-0.1, -0.05) is 18.2 Å². The number of carbonyl (C=O) groups is 1. The number of benzene rings is 2. The Morgan fingerprint density at radius 1 is 1.06 bits per heavy atom. The maximum absolute atomic E-state index is 12.9. The molecule has 0 fully saturated rings. The summed E-state index contributed by atoms with van der Waals surface area (Å²) < 4.78 is 10.6. The predicted molar refractivity (Wildman–Crippen MR) is 123 cm³/mol. The quantitative estimate of drug-likeness (QED) is 0.480. The molecule has 0 atom stereocenters. The van der Waals surface area contributed by atoms with Gasteiger partial charge in [-0.3, -0.25) is 9.59 Å². The largest absolute Gasteiger partial charge is 0.493 e. The van der Waals surface area contributed by atoms with E-state index < -0.39 is 0 Å². The number of H-pyrrole nitrogens is 1. The van der Waals surface area contributed by atoms with Crippen molar-refractivity contribution >= 4 is 33.1 Å². The Kier molecular flexibility index (Phi) is 5.48. The number of thiophene rings is 1. The molecule has 0 radical (unpaired) electrons. The van der Waals surface area contributed by atoms with Crippen molar-refractivity contribution in [3.63, 3.8) is 0 Å². The van der Waals surface area contributed by atoms with Crippen LogP contribution in [0.5, 0.6) is 11.5 Å². The molecule has 0 aliphatic heterocycles. The lowest BCUT2D eigenvalue weighted by Gasteiger charge is -2.09. The van der Waals surface area contributed by atoms with Crippen molar-refractivity contribution in [2.45, 2.75) is 13.8 Å². The molecule has 4 aromatic rings. The summed E-state index contributed by atoms with van der Waals surface area (Å²) in [6.07, 6.45) is 0. The Labute approximate surface area is 182 Å². The monoisotopic (exact) mass is 435 g/mol. The molecule has 31 heavy (non-hydrogen) atoms. The SMILES string of the molecule is COc1ccc(-c2nc3sc(C(=O)Nc4ccccc4C)c(C)c3c(=O)[nH]2)cc1OC. The molecule has 0 spiro atoms. The molecule has 2 N–H and O–H groups in total. The van der Waals surface area contributed by atoms with Crippen LogP contribution in [0.2, 0.25) is 0 Å². The van der Waals surface area contributed by atoms with Crippen molar-refractivity contribution in [1.29, 1.82) is 0 Å². The number of hydrogen-bond acceptors (Lipinski definition) is 6. The molecule has 0 unspecified atom stereocenters. The van der Waals surface area contributed by atoms with Gasteiger partial charge in [0.25, 0.3) is 11.5 Å². The number of nitrogens with zero attached hydrogens (tertiary/aromatic N) is 1. The summed E-state index contributed by atoms with van der Waals surface area (Å²) in [5, 5.41) is 3.34. The Morgan fingerprint density at radius 2 is 1.81 bits per heavy atom. The number of anilines is 1. The van der Waals surface area contributed by atoms with Crippen LogP contribution in [0.4, 0.5) is 5.69 Å². The van der Waals surface area contributed by atoms with Crippen LogP contribution in [0.1, 0.15) is 20.8 Å². The maximum atomic E-state index is 12.9. The molecule has 158 valence electrons. The molecule has 0 aliphatic carbocycles. The average Bonchev–Trinajstić information content (AvgIpc) is 3.11. The molecular weight excluding hydrogens is 414 g/mol. The van der Waals surface area contributed by atoms with Gasteiger partial charge < -0.3 is 19.8 Å². The van der Waals surface area contributed by atoms with Gasteiger partial charge >= 0.3 is 0 Å². The Hall–Kier alpha value is -3.65. The van der Waals surface area contributed by atoms with E-state index in [9.17, 15) is 9.59 Å². The highest BCUT2D eigenvalue weighted by atomic mass is 32.1. The fourth-order valence-corrected chi connectivity index (χ4v) is 4.45. The van der Waals surface area contributed by atoms with Gasteiger partial charge in [-0.15, -0.1) is 11.3 Å². The number of carbonyl (C=O) groups excluding carboxylic acids is 1. The summed E-state index contributed by atoms with van der Waals surface area (Å²) in [5.41, 5.74) is 2.68. The minimum atomic E-state index is -0.293. The predicted octanol–water partition coefficient (Wildman–Crippen LogP) is 4.54. The number of methoxy groups -OCH3 is 2. The highest BCUT2D eigenvalue weighted by Crippen LogP contribution is 2.33. The fourth-order valence-electron chi connectivity index (χ4n) is 3.37. The summed E-state index contributed by atoms with van der Waals surface area (Å²) in [6, 6.07) is 12.8. The second kappa shape index (κ2) is 8.23. The lowest BCUT2D eigenvalue weighted by Crippen LogP contribution is -2.13. The number of nitrogens with one attached hydrogen (secondary N) is 2. The highest BCUT2D eigenvalue weighted by molar-refractivity contribution is 7.20. The first-order valence-electron chi connectivity index (χ1n) is 9.55. The minimum Gasteiger partial charge on any atom is -0.493 e. The number of aryl methyl sites for hydroxylation is 2. The highest BCUT2D eigenvalue weighted by Gasteiger charge is 2.20. The van der Waals surface area contributed by atoms with Gasteiger partial charge in [-0.2, -0.15) is 0 Å². The van der Waals surface area contributed by atoms with Crippen LogP contribution < -0.4 is 20.3 Å². The molecule has 0 saturated heterocycles. The summed E-state index contributed by atoms with van der Waals surface area (Å²) in [7, 11) is 3.10. The van der Waals surface area contributed by atoms with Crippen molar-refractivity contribution in [3.8, 4) is 22.9 Å². The molecule has 0 saturated carbocycles. The summed E-state index contributed by atoms with van der Waals surface area (Å²) in [4.78, 5) is 34.1. The van der Waals surface area contributed by atoms with Gasteiger partial charge in [-0.25, -0.2) is 4.98 Å². The minimum absolute atomic E-state index is 0.262. The van der Waals surface area contributed by atoms with Crippen molar-refractivity contribution in [1.82, 2.24) is 9.97 Å². The van der Waals surface area contributed by atoms with Crippen LogP contribution in [0.15, 0.2) is 47.3 Å². The van der Waals surface area contributed by atoms with Crippen LogP contribution in [-0.2, 0) is 0 Å². The fraction of sp³-hybridized carbons (Fsp3) is 0.174. The Balaban J connectivity index is 1.76. The zero-order valence-corrected chi connectivity index (χ0v) is 18.3. The molecule has 1 amide bonds. The lowest BCUT2D eigenvalue weighted by molar-refractivity contribution is 0.103. The molecule has 4 rings (SSSR count). The number of ether oxygens (including phenoxy) is 2. The van der Waals surface area contributed by atoms with Crippen LogP contribution in [0, 0.1) is 13.8 Å². The first-order valence-corrected chi connectivity index (χ1v) is 10.4. The third kappa shape index (κ3) is 3.77. The number of amides is 1. The Bertz CT molecular complexity index is 1360. The molecule has 2 aromatic carbocycles. The second-order valence-corrected chi connectivity index (χ2v) is 7.99. The molecule has 7 nitrogen and oxygen atoms in total. The van der Waals surface area contributed by atoms with E-state index in [1.807, 2.05) is 31.2 Å². The van der Waals surface area contributed by atoms with Crippen molar-refractivity contribution in [2.75, 3.05) is 19.5 Å². The standard InChI is InChI=1S/C23H21N3O4S/c1-12-7-5-6-8-15(12)24-22(28)19-13(2)18-21(27)25-20(26-23(18)31-19)14-9-10-16(29-3)17(11-14)30-4/h5-11H,1-4H3,(H,24,28)(H,25,26,27). The zero-order valence-electron chi connectivity index (χ0n) is 17.5. The second-order valence-electron chi connectivity index (χ2n) is 6.99. The van der Waals surface area contributed by atoms with Gasteiger partial charge in [-0.05, 0) is 49.2 Å². The number of aromatic amines is 1. The summed E-state index contributed by atoms with van der Waals surface area (Å²) in [6.45, 7) is 3.69. The summed E-state index contributed by atoms with van der Waals surface area (Å²) in [5.74, 6) is 1.24. The van der Waals surface area contributed by atoms with Crippen molar-refractivity contribution in [2.24, 2.45) is 0 Å². The van der Waals surface area contributed by atoms with Gasteiger partial charge in [0.15, 0.2) is 11.5 Å². The van der Waals surface area contributed by atoms with E-state index in [0.29, 0.717) is 43.5 Å². The molecule has 2 aromatic heterocycles. The van der Waals surface area contributed by atoms with Gasteiger partial charge in [0, 0.05) is 11.3 Å². The third-order valence-corrected chi connectivity index (χ3v) is 6.24. The van der Waals surface area contributed by atoms with E-state index in [1.54, 1.807) is 39.3 Å². The molecule has 0 aliphatic rings. The number of aromatic nitrogens is 2. The normalized spacial score (nSPS) is 10.8. The van der Waals surface area contributed by atoms with Gasteiger partial charge in [0.1, 0.15) is 10.7 Å². The van der Waals surface area contributed by atoms with E-state index in [4.69, 9.17) is 9.47 Å². The zero-order chi connectivity index (χ0) is 22.1. The van der Waals surface area contributed by atoms with Crippen LogP contribution in [0.3, 0.4) is 0 Å². The van der Waals surface area contributed by atoms with E-state index in [1.165, 1.54) is 11.3 Å². The van der Waals surface area contributed by atoms with E-state index in [0.717, 1.165) is 11.3 Å².